The molecule has 0 aliphatic heterocycles. The van der Waals surface area contributed by atoms with E-state index >= 15 is 0 Å². The number of rotatable bonds is 8. The van der Waals surface area contributed by atoms with Crippen molar-refractivity contribution in [2.24, 2.45) is 0 Å². The number of halogens is 1. The van der Waals surface area contributed by atoms with Crippen LogP contribution in [0.4, 0.5) is 0 Å². The third-order valence-electron chi connectivity index (χ3n) is 4.72. The van der Waals surface area contributed by atoms with Gasteiger partial charge in [-0.3, -0.25) is 9.48 Å². The van der Waals surface area contributed by atoms with Crippen LogP contribution in [0, 0.1) is 18.3 Å². The third kappa shape index (κ3) is 5.94. The van der Waals surface area contributed by atoms with Crippen LogP contribution in [-0.4, -0.2) is 42.5 Å². The van der Waals surface area contributed by atoms with Gasteiger partial charge >= 0.3 is 0 Å². The van der Waals surface area contributed by atoms with E-state index in [1.54, 1.807) is 36.0 Å². The van der Waals surface area contributed by atoms with Gasteiger partial charge in [0.15, 0.2) is 0 Å². The number of imidazole rings is 1. The van der Waals surface area contributed by atoms with Gasteiger partial charge in [-0.05, 0) is 39.0 Å². The molecule has 31 heavy (non-hydrogen) atoms. The lowest BCUT2D eigenvalue weighted by Gasteiger charge is -2.13. The molecule has 0 bridgehead atoms. The maximum atomic E-state index is 12.4. The maximum Gasteiger partial charge on any atom is 0.226 e. The van der Waals surface area contributed by atoms with Crippen molar-refractivity contribution >= 4 is 17.5 Å². The van der Waals surface area contributed by atoms with Crippen molar-refractivity contribution in [1.29, 1.82) is 5.26 Å². The first-order chi connectivity index (χ1) is 14.7. The molecule has 2 N–H and O–H groups in total. The van der Waals surface area contributed by atoms with E-state index in [1.165, 1.54) is 0 Å². The lowest BCUT2D eigenvalue weighted by Crippen LogP contribution is -2.36. The minimum absolute atomic E-state index is 0.125. The van der Waals surface area contributed by atoms with Crippen molar-refractivity contribution in [2.45, 2.75) is 52.4 Å². The predicted octanol–water partition coefficient (Wildman–Crippen LogP) is 2.71. The van der Waals surface area contributed by atoms with Gasteiger partial charge in [0.1, 0.15) is 11.9 Å². The zero-order valence-corrected chi connectivity index (χ0v) is 18.5. The summed E-state index contributed by atoms with van der Waals surface area (Å²) >= 11 is 6.11. The second kappa shape index (κ2) is 9.77. The first-order valence-corrected chi connectivity index (χ1v) is 10.4. The van der Waals surface area contributed by atoms with Gasteiger partial charge < -0.3 is 15.0 Å². The van der Waals surface area contributed by atoms with Crippen molar-refractivity contribution in [3.8, 4) is 17.3 Å². The first kappa shape index (κ1) is 22.5. The summed E-state index contributed by atoms with van der Waals surface area (Å²) in [7, 11) is 0. The Kier molecular flexibility index (Phi) is 7.10. The number of aromatic nitrogens is 4. The molecule has 162 valence electrons. The van der Waals surface area contributed by atoms with Crippen LogP contribution >= 0.6 is 11.6 Å². The number of nitrogens with zero attached hydrogens (tertiary/aromatic N) is 5. The number of hydrogen-bond donors (Lipinski definition) is 2. The van der Waals surface area contributed by atoms with Crippen molar-refractivity contribution in [1.82, 2.24) is 24.6 Å². The van der Waals surface area contributed by atoms with E-state index in [9.17, 15) is 9.90 Å². The molecular weight excluding hydrogens is 416 g/mol. The van der Waals surface area contributed by atoms with Crippen molar-refractivity contribution < 1.29 is 9.90 Å². The lowest BCUT2D eigenvalue weighted by atomic mass is 10.1. The Morgan fingerprint density at radius 3 is 2.77 bits per heavy atom. The molecule has 8 nitrogen and oxygen atoms in total. The molecule has 9 heteroatoms. The summed E-state index contributed by atoms with van der Waals surface area (Å²) in [5.74, 6) is 0.643. The second-order valence-electron chi connectivity index (χ2n) is 7.66. The second-order valence-corrected chi connectivity index (χ2v) is 8.06. The molecule has 3 rings (SSSR count). The molecule has 2 heterocycles. The molecule has 0 saturated carbocycles. The van der Waals surface area contributed by atoms with E-state index in [1.807, 2.05) is 36.7 Å². The van der Waals surface area contributed by atoms with Crippen LogP contribution in [0.5, 0.6) is 0 Å². The van der Waals surface area contributed by atoms with E-state index < -0.39 is 6.10 Å². The summed E-state index contributed by atoms with van der Waals surface area (Å²) in [6.45, 7) is 6.43. The quantitative estimate of drug-likeness (QED) is 0.559. The third-order valence-corrected chi connectivity index (χ3v) is 5.04. The Balaban J connectivity index is 1.56. The Morgan fingerprint density at radius 2 is 2.10 bits per heavy atom. The highest BCUT2D eigenvalue weighted by molar-refractivity contribution is 6.32. The van der Waals surface area contributed by atoms with Crippen molar-refractivity contribution in [3.05, 3.63) is 58.8 Å². The van der Waals surface area contributed by atoms with Crippen LogP contribution in [0.25, 0.3) is 11.3 Å². The van der Waals surface area contributed by atoms with E-state index in [-0.39, 0.29) is 18.4 Å². The zero-order valence-electron chi connectivity index (χ0n) is 17.7. The molecule has 0 unspecified atom stereocenters. The molecule has 0 radical (unpaired) electrons. The number of aliphatic hydroxyl groups is 1. The van der Waals surface area contributed by atoms with Crippen LogP contribution in [0.2, 0.25) is 5.02 Å². The predicted molar refractivity (Wildman–Crippen MR) is 117 cm³/mol. The molecule has 3 aromatic rings. The smallest absolute Gasteiger partial charge is 0.226 e. The lowest BCUT2D eigenvalue weighted by molar-refractivity contribution is -0.121. The monoisotopic (exact) mass is 440 g/mol. The van der Waals surface area contributed by atoms with Gasteiger partial charge in [0.2, 0.25) is 5.91 Å². The van der Waals surface area contributed by atoms with Crippen molar-refractivity contribution in [2.75, 3.05) is 0 Å². The van der Waals surface area contributed by atoms with Gasteiger partial charge in [0.25, 0.3) is 0 Å². The molecule has 2 atom stereocenters. The molecule has 0 fully saturated rings. The Labute approximate surface area is 186 Å². The normalized spacial score (nSPS) is 12.9. The van der Waals surface area contributed by atoms with E-state index in [2.05, 4.69) is 15.4 Å². The van der Waals surface area contributed by atoms with E-state index in [0.717, 1.165) is 17.1 Å². The van der Waals surface area contributed by atoms with Gasteiger partial charge in [0, 0.05) is 30.5 Å². The topological polar surface area (TPSA) is 109 Å². The van der Waals surface area contributed by atoms with Gasteiger partial charge in [-0.25, -0.2) is 4.98 Å². The number of hydrogen-bond acceptors (Lipinski definition) is 5. The van der Waals surface area contributed by atoms with Crippen LogP contribution in [0.3, 0.4) is 0 Å². The van der Waals surface area contributed by atoms with Crippen LogP contribution in [0.1, 0.15) is 30.9 Å². The number of benzene rings is 1. The number of amides is 1. The SMILES string of the molecule is Cc1nc(CC(=O)N[C@@H](C)Cn2ccc(-c3ccc(C#N)c(Cl)c3)n2)cn1C[C@@H](C)O. The van der Waals surface area contributed by atoms with Gasteiger partial charge in [0.05, 0.1) is 41.0 Å². The fraction of sp³-hybridized carbons (Fsp3) is 0.364. The highest BCUT2D eigenvalue weighted by atomic mass is 35.5. The summed E-state index contributed by atoms with van der Waals surface area (Å²) in [4.78, 5) is 16.8. The highest BCUT2D eigenvalue weighted by Crippen LogP contribution is 2.24. The van der Waals surface area contributed by atoms with Crippen LogP contribution in [-0.2, 0) is 24.3 Å². The number of nitriles is 1. The summed E-state index contributed by atoms with van der Waals surface area (Å²) < 4.78 is 3.60. The average Bonchev–Trinajstić information content (AvgIpc) is 3.27. The van der Waals surface area contributed by atoms with Gasteiger partial charge in [-0.2, -0.15) is 10.4 Å². The Hall–Kier alpha value is -3.15. The number of carbonyl (C=O) groups is 1. The minimum atomic E-state index is -0.478. The molecule has 0 aliphatic rings. The molecular formula is C22H25ClN6O2. The maximum absolute atomic E-state index is 12.4. The number of aliphatic hydroxyl groups excluding tert-OH is 1. The largest absolute Gasteiger partial charge is 0.392 e. The Morgan fingerprint density at radius 1 is 1.32 bits per heavy atom. The number of carbonyl (C=O) groups excluding carboxylic acids is 1. The van der Waals surface area contributed by atoms with E-state index in [0.29, 0.717) is 29.4 Å². The van der Waals surface area contributed by atoms with Crippen LogP contribution in [0.15, 0.2) is 36.7 Å². The molecule has 2 aromatic heterocycles. The molecule has 0 spiro atoms. The number of nitrogens with one attached hydrogen (secondary N) is 1. The summed E-state index contributed by atoms with van der Waals surface area (Å²) in [5.41, 5.74) is 2.65. The first-order valence-electron chi connectivity index (χ1n) is 9.98. The average molecular weight is 441 g/mol. The zero-order chi connectivity index (χ0) is 22.5. The fourth-order valence-electron chi connectivity index (χ4n) is 3.33. The molecule has 0 saturated heterocycles. The summed E-state index contributed by atoms with van der Waals surface area (Å²) in [5, 5.41) is 26.4. The van der Waals surface area contributed by atoms with Gasteiger partial charge in [-0.1, -0.05) is 17.7 Å². The molecule has 0 aliphatic carbocycles. The van der Waals surface area contributed by atoms with Crippen molar-refractivity contribution in [3.63, 3.8) is 0 Å². The van der Waals surface area contributed by atoms with Crippen LogP contribution < -0.4 is 5.32 Å². The molecule has 1 aromatic carbocycles. The van der Waals surface area contributed by atoms with E-state index in [4.69, 9.17) is 16.9 Å². The fourth-order valence-corrected chi connectivity index (χ4v) is 3.55. The molecule has 1 amide bonds. The standard InChI is InChI=1S/C22H25ClN6O2/c1-14(25-22(31)9-19-13-28(12-15(2)30)16(3)26-19)11-29-7-6-21(27-29)17-4-5-18(10-24)20(23)8-17/h4-8,13-15,30H,9,11-12H2,1-3H3,(H,25,31)/t14-,15+/m0/s1. The van der Waals surface area contributed by atoms with Gasteiger partial charge in [-0.15, -0.1) is 0 Å². The summed E-state index contributed by atoms with van der Waals surface area (Å²) in [6, 6.07) is 8.97. The number of aryl methyl sites for hydroxylation is 1. The minimum Gasteiger partial charge on any atom is -0.392 e. The summed E-state index contributed by atoms with van der Waals surface area (Å²) in [6.07, 6.45) is 3.33. The highest BCUT2D eigenvalue weighted by Gasteiger charge is 2.14. The Bertz CT molecular complexity index is 1110.